The molecule has 0 radical (unpaired) electrons. The highest BCUT2D eigenvalue weighted by atomic mass is 15.0. The Balaban J connectivity index is 1.58. The van der Waals surface area contributed by atoms with Crippen molar-refractivity contribution in [3.8, 4) is 11.8 Å². The van der Waals surface area contributed by atoms with E-state index in [9.17, 15) is 0 Å². The van der Waals surface area contributed by atoms with Gasteiger partial charge in [0.2, 0.25) is 0 Å². The molecule has 1 aliphatic rings. The molecule has 0 bridgehead atoms. The molecule has 2 aromatic heterocycles. The first kappa shape index (κ1) is 15.2. The van der Waals surface area contributed by atoms with Crippen molar-refractivity contribution >= 4 is 21.9 Å². The number of hydrogen-bond acceptors (Lipinski definition) is 3. The molecule has 0 saturated carbocycles. The topological polar surface area (TPSA) is 69.4 Å². The molecular formula is C21H19N5. The summed E-state index contributed by atoms with van der Waals surface area (Å²) in [6.07, 6.45) is 7.54. The van der Waals surface area contributed by atoms with Crippen LogP contribution in [0.4, 0.5) is 0 Å². The molecule has 1 saturated heterocycles. The quantitative estimate of drug-likeness (QED) is 0.597. The van der Waals surface area contributed by atoms with Crippen LogP contribution in [0.1, 0.15) is 24.0 Å². The van der Waals surface area contributed by atoms with Gasteiger partial charge >= 0.3 is 0 Å². The van der Waals surface area contributed by atoms with Crippen LogP contribution in [0.2, 0.25) is 0 Å². The van der Waals surface area contributed by atoms with E-state index in [1.54, 1.807) is 0 Å². The Bertz CT molecular complexity index is 1140. The van der Waals surface area contributed by atoms with E-state index in [0.29, 0.717) is 11.6 Å². The summed E-state index contributed by atoms with van der Waals surface area (Å²) >= 11 is 0. The first-order valence-corrected chi connectivity index (χ1v) is 9.03. The lowest BCUT2D eigenvalue weighted by atomic mass is 10.0. The molecule has 2 N–H and O–H groups in total. The SMILES string of the molecule is N#Cc1ccc2c(c1)ncn2-c1ccc2[nH]cc(CC3CCCN3)c2c1. The summed E-state index contributed by atoms with van der Waals surface area (Å²) in [7, 11) is 0. The van der Waals surface area contributed by atoms with Crippen molar-refractivity contribution in [2.24, 2.45) is 0 Å². The van der Waals surface area contributed by atoms with Gasteiger partial charge in [-0.3, -0.25) is 4.57 Å². The molecule has 0 amide bonds. The highest BCUT2D eigenvalue weighted by Crippen LogP contribution is 2.26. The Morgan fingerprint density at radius 1 is 1.23 bits per heavy atom. The molecule has 1 fully saturated rings. The van der Waals surface area contributed by atoms with Crippen molar-refractivity contribution in [1.82, 2.24) is 19.9 Å². The third-order valence-electron chi connectivity index (χ3n) is 5.33. The van der Waals surface area contributed by atoms with Gasteiger partial charge in [-0.15, -0.1) is 0 Å². The highest BCUT2D eigenvalue weighted by Gasteiger charge is 2.17. The molecule has 5 heteroatoms. The van der Waals surface area contributed by atoms with Crippen molar-refractivity contribution in [2.45, 2.75) is 25.3 Å². The number of aromatic nitrogens is 3. The van der Waals surface area contributed by atoms with Crippen molar-refractivity contribution in [3.63, 3.8) is 0 Å². The number of imidazole rings is 1. The standard InChI is InChI=1S/C21H19N5/c22-11-14-3-6-21-20(8-14)25-13-26(21)17-4-5-19-18(10-17)15(12-24-19)9-16-2-1-7-23-16/h3-6,8,10,12-13,16,23-24H,1-2,7,9H2. The fourth-order valence-electron chi connectivity index (χ4n) is 3.97. The van der Waals surface area contributed by atoms with Crippen molar-refractivity contribution in [2.75, 3.05) is 6.54 Å². The predicted octanol–water partition coefficient (Wildman–Crippen LogP) is 3.67. The molecule has 26 heavy (non-hydrogen) atoms. The summed E-state index contributed by atoms with van der Waals surface area (Å²) in [5.74, 6) is 0. The van der Waals surface area contributed by atoms with Gasteiger partial charge in [0.15, 0.2) is 0 Å². The lowest BCUT2D eigenvalue weighted by Gasteiger charge is -2.10. The number of fused-ring (bicyclic) bond motifs is 2. The molecule has 3 heterocycles. The van der Waals surface area contributed by atoms with Crippen LogP contribution >= 0.6 is 0 Å². The van der Waals surface area contributed by atoms with E-state index < -0.39 is 0 Å². The van der Waals surface area contributed by atoms with Crippen LogP contribution in [-0.2, 0) is 6.42 Å². The number of aromatic amines is 1. The Kier molecular flexibility index (Phi) is 3.51. The van der Waals surface area contributed by atoms with Crippen molar-refractivity contribution in [3.05, 3.63) is 60.0 Å². The summed E-state index contributed by atoms with van der Waals surface area (Å²) in [6.45, 7) is 1.13. The van der Waals surface area contributed by atoms with E-state index in [2.05, 4.69) is 50.3 Å². The van der Waals surface area contributed by atoms with Crippen molar-refractivity contribution < 1.29 is 0 Å². The molecule has 1 atom stereocenters. The van der Waals surface area contributed by atoms with E-state index in [0.717, 1.165) is 35.2 Å². The Hall–Kier alpha value is -3.10. The number of hydrogen-bond donors (Lipinski definition) is 2. The molecule has 5 rings (SSSR count). The zero-order valence-electron chi connectivity index (χ0n) is 14.4. The zero-order valence-corrected chi connectivity index (χ0v) is 14.4. The lowest BCUT2D eigenvalue weighted by Crippen LogP contribution is -2.23. The fourth-order valence-corrected chi connectivity index (χ4v) is 3.97. The number of H-pyrrole nitrogens is 1. The molecule has 0 spiro atoms. The molecule has 1 aliphatic heterocycles. The monoisotopic (exact) mass is 341 g/mol. The van der Waals surface area contributed by atoms with Gasteiger partial charge in [-0.2, -0.15) is 5.26 Å². The predicted molar refractivity (Wildman–Crippen MR) is 102 cm³/mol. The van der Waals surface area contributed by atoms with E-state index in [4.69, 9.17) is 5.26 Å². The Labute approximate surface area is 151 Å². The molecule has 0 aliphatic carbocycles. The molecular weight excluding hydrogens is 322 g/mol. The normalized spacial score (nSPS) is 17.1. The van der Waals surface area contributed by atoms with E-state index in [1.807, 2.05) is 24.5 Å². The Morgan fingerprint density at radius 3 is 3.04 bits per heavy atom. The lowest BCUT2D eigenvalue weighted by molar-refractivity contribution is 0.605. The number of rotatable bonds is 3. The Morgan fingerprint density at radius 2 is 2.19 bits per heavy atom. The van der Waals surface area contributed by atoms with Crippen LogP contribution in [0, 0.1) is 11.3 Å². The molecule has 5 nitrogen and oxygen atoms in total. The smallest absolute Gasteiger partial charge is 0.100 e. The van der Waals surface area contributed by atoms with Gasteiger partial charge in [0.05, 0.1) is 22.7 Å². The largest absolute Gasteiger partial charge is 0.361 e. The van der Waals surface area contributed by atoms with Crippen LogP contribution < -0.4 is 5.32 Å². The number of nitrogens with zero attached hydrogens (tertiary/aromatic N) is 3. The maximum atomic E-state index is 9.07. The second kappa shape index (κ2) is 6.01. The van der Waals surface area contributed by atoms with Gasteiger partial charge in [-0.1, -0.05) is 0 Å². The number of nitrogens with one attached hydrogen (secondary N) is 2. The van der Waals surface area contributed by atoms with Crippen LogP contribution in [-0.4, -0.2) is 27.1 Å². The summed E-state index contributed by atoms with van der Waals surface area (Å²) in [4.78, 5) is 7.87. The maximum absolute atomic E-state index is 9.07. The molecule has 2 aromatic carbocycles. The van der Waals surface area contributed by atoms with Crippen LogP contribution in [0.15, 0.2) is 48.9 Å². The van der Waals surface area contributed by atoms with Gasteiger partial charge in [0, 0.05) is 28.8 Å². The van der Waals surface area contributed by atoms with Gasteiger partial charge in [-0.25, -0.2) is 4.98 Å². The first-order valence-electron chi connectivity index (χ1n) is 9.03. The van der Waals surface area contributed by atoms with Crippen molar-refractivity contribution in [1.29, 1.82) is 5.26 Å². The van der Waals surface area contributed by atoms with Gasteiger partial charge in [-0.05, 0) is 67.8 Å². The molecule has 128 valence electrons. The summed E-state index contributed by atoms with van der Waals surface area (Å²) in [5, 5.41) is 13.9. The van der Waals surface area contributed by atoms with Gasteiger partial charge in [0.1, 0.15) is 6.33 Å². The molecule has 1 unspecified atom stereocenters. The van der Waals surface area contributed by atoms with Gasteiger partial charge in [0.25, 0.3) is 0 Å². The number of nitriles is 1. The fraction of sp³-hybridized carbons (Fsp3) is 0.238. The summed E-state index contributed by atoms with van der Waals surface area (Å²) < 4.78 is 2.08. The minimum absolute atomic E-state index is 0.580. The summed E-state index contributed by atoms with van der Waals surface area (Å²) in [5.41, 5.74) is 6.10. The van der Waals surface area contributed by atoms with E-state index >= 15 is 0 Å². The first-order chi connectivity index (χ1) is 12.8. The number of benzene rings is 2. The van der Waals surface area contributed by atoms with Crippen LogP contribution in [0.5, 0.6) is 0 Å². The maximum Gasteiger partial charge on any atom is 0.100 e. The second-order valence-corrected chi connectivity index (χ2v) is 6.97. The minimum Gasteiger partial charge on any atom is -0.361 e. The molecule has 4 aromatic rings. The second-order valence-electron chi connectivity index (χ2n) is 6.97. The van der Waals surface area contributed by atoms with E-state index in [1.165, 1.54) is 23.8 Å². The zero-order chi connectivity index (χ0) is 17.5. The average molecular weight is 341 g/mol. The van der Waals surface area contributed by atoms with Gasteiger partial charge < -0.3 is 10.3 Å². The highest BCUT2D eigenvalue weighted by molar-refractivity contribution is 5.86. The summed E-state index contributed by atoms with van der Waals surface area (Å²) in [6, 6.07) is 14.9. The van der Waals surface area contributed by atoms with E-state index in [-0.39, 0.29) is 0 Å². The minimum atomic E-state index is 0.580. The third kappa shape index (κ3) is 2.47. The van der Waals surface area contributed by atoms with Crippen LogP contribution in [0.3, 0.4) is 0 Å². The van der Waals surface area contributed by atoms with Crippen LogP contribution in [0.25, 0.3) is 27.6 Å². The third-order valence-corrected chi connectivity index (χ3v) is 5.33. The average Bonchev–Trinajstić information content (AvgIpc) is 3.41.